The number of benzene rings is 1. The smallest absolute Gasteiger partial charge is 0.321 e. The van der Waals surface area contributed by atoms with Crippen LogP contribution in [0.15, 0.2) is 30.3 Å². The molecule has 7 heteroatoms. The van der Waals surface area contributed by atoms with Gasteiger partial charge in [0.2, 0.25) is 11.8 Å². The summed E-state index contributed by atoms with van der Waals surface area (Å²) >= 11 is 0. The van der Waals surface area contributed by atoms with Crippen LogP contribution in [0.1, 0.15) is 71.9 Å². The number of rotatable bonds is 9. The summed E-state index contributed by atoms with van der Waals surface area (Å²) in [6, 6.07) is 9.54. The van der Waals surface area contributed by atoms with E-state index in [1.165, 1.54) is 0 Å². The average molecular weight is 458 g/mol. The molecule has 3 rings (SSSR count). The molecule has 1 aromatic rings. The van der Waals surface area contributed by atoms with E-state index in [1.54, 1.807) is 20.8 Å². The summed E-state index contributed by atoms with van der Waals surface area (Å²) in [6.45, 7) is 11.5. The van der Waals surface area contributed by atoms with Crippen molar-refractivity contribution in [2.45, 2.75) is 77.9 Å². The topological polar surface area (TPSA) is 79.0 Å². The maximum absolute atomic E-state index is 14.0. The van der Waals surface area contributed by atoms with Crippen molar-refractivity contribution >= 4 is 17.8 Å². The van der Waals surface area contributed by atoms with E-state index >= 15 is 0 Å². The molecule has 2 fully saturated rings. The van der Waals surface area contributed by atoms with Crippen LogP contribution in [-0.4, -0.2) is 65.4 Å². The average Bonchev–Trinajstić information content (AvgIpc) is 3.36. The molecule has 7 nitrogen and oxygen atoms in total. The highest BCUT2D eigenvalue weighted by atomic mass is 16.5. The van der Waals surface area contributed by atoms with Gasteiger partial charge < -0.3 is 15.0 Å². The minimum Gasteiger partial charge on any atom is -0.465 e. The lowest BCUT2D eigenvalue weighted by molar-refractivity contribution is -0.159. The summed E-state index contributed by atoms with van der Waals surface area (Å²) in [5.74, 6) is -0.756. The van der Waals surface area contributed by atoms with Crippen LogP contribution >= 0.6 is 0 Å². The molecular weight excluding hydrogens is 418 g/mol. The third-order valence-corrected chi connectivity index (χ3v) is 7.44. The van der Waals surface area contributed by atoms with Gasteiger partial charge >= 0.3 is 5.97 Å². The van der Waals surface area contributed by atoms with Gasteiger partial charge in [0.15, 0.2) is 0 Å². The number of hydrogen-bond acceptors (Lipinski definition) is 5. The zero-order valence-corrected chi connectivity index (χ0v) is 20.7. The summed E-state index contributed by atoms with van der Waals surface area (Å²) in [5, 5.41) is 3.21. The van der Waals surface area contributed by atoms with Crippen molar-refractivity contribution in [3.8, 4) is 0 Å². The van der Waals surface area contributed by atoms with Gasteiger partial charge in [-0.25, -0.2) is 0 Å². The third kappa shape index (κ3) is 4.79. The molecule has 182 valence electrons. The molecule has 0 radical (unpaired) electrons. The molecule has 1 saturated heterocycles. The first-order valence-corrected chi connectivity index (χ1v) is 12.3. The minimum absolute atomic E-state index is 0.0614. The predicted molar refractivity (Wildman–Crippen MR) is 127 cm³/mol. The first-order valence-electron chi connectivity index (χ1n) is 12.3. The Kier molecular flexibility index (Phi) is 7.83. The zero-order valence-electron chi connectivity index (χ0n) is 20.7. The van der Waals surface area contributed by atoms with E-state index in [-0.39, 0.29) is 30.5 Å². The number of carbonyl (C=O) groups excluding carboxylic acids is 3. The van der Waals surface area contributed by atoms with E-state index in [9.17, 15) is 14.4 Å². The van der Waals surface area contributed by atoms with Gasteiger partial charge in [0.25, 0.3) is 0 Å². The predicted octanol–water partition coefficient (Wildman–Crippen LogP) is 3.30. The fraction of sp³-hybridized carbons (Fsp3) is 0.654. The molecule has 1 aliphatic heterocycles. The second-order valence-electron chi connectivity index (χ2n) is 9.68. The number of ether oxygens (including phenoxy) is 1. The van der Waals surface area contributed by atoms with Crippen molar-refractivity contribution in [1.82, 2.24) is 15.1 Å². The molecule has 0 bridgehead atoms. The number of likely N-dealkylation sites (tertiary alicyclic amines) is 1. The highest BCUT2D eigenvalue weighted by molar-refractivity contribution is 6.02. The SMILES string of the molecule is CCOC(=O)C(C)(C)C(=O)N[C@]12CCC[C@@H]1N(C(=O)C(c1ccccc1)N(CC)CC)CC2. The first-order chi connectivity index (χ1) is 15.7. The van der Waals surface area contributed by atoms with Crippen molar-refractivity contribution in [2.75, 3.05) is 26.2 Å². The molecule has 1 unspecified atom stereocenters. The lowest BCUT2D eigenvalue weighted by Gasteiger charge is -2.38. The Balaban J connectivity index is 1.84. The van der Waals surface area contributed by atoms with E-state index in [4.69, 9.17) is 4.74 Å². The summed E-state index contributed by atoms with van der Waals surface area (Å²) in [7, 11) is 0. The number of nitrogens with zero attached hydrogens (tertiary/aromatic N) is 2. The summed E-state index contributed by atoms with van der Waals surface area (Å²) in [5.41, 5.74) is -0.765. The molecule has 33 heavy (non-hydrogen) atoms. The molecule has 0 spiro atoms. The maximum Gasteiger partial charge on any atom is 0.321 e. The minimum atomic E-state index is -1.27. The Morgan fingerprint density at radius 2 is 1.82 bits per heavy atom. The van der Waals surface area contributed by atoms with Crippen molar-refractivity contribution in [3.63, 3.8) is 0 Å². The van der Waals surface area contributed by atoms with Gasteiger partial charge in [-0.2, -0.15) is 0 Å². The maximum atomic E-state index is 14.0. The quantitative estimate of drug-likeness (QED) is 0.455. The highest BCUT2D eigenvalue weighted by Gasteiger charge is 2.55. The van der Waals surface area contributed by atoms with Crippen molar-refractivity contribution < 1.29 is 19.1 Å². The molecule has 1 heterocycles. The molecule has 1 N–H and O–H groups in total. The lowest BCUT2D eigenvalue weighted by Crippen LogP contribution is -2.58. The van der Waals surface area contributed by atoms with Crippen LogP contribution in [-0.2, 0) is 19.1 Å². The Labute approximate surface area is 197 Å². The standard InChI is InChI=1S/C26H39N3O4/c1-6-28(7-2)21(19-13-10-9-11-14-19)22(30)29-18-17-26(16-12-15-20(26)29)27-23(31)25(4,5)24(32)33-8-3/h9-11,13-14,20-21H,6-8,12,15-18H2,1-5H3,(H,27,31)/t20-,21?,26-/m0/s1. The van der Waals surface area contributed by atoms with Crippen LogP contribution in [0.5, 0.6) is 0 Å². The molecule has 1 saturated carbocycles. The van der Waals surface area contributed by atoms with E-state index in [2.05, 4.69) is 24.1 Å². The number of nitrogens with one attached hydrogen (secondary N) is 1. The second-order valence-corrected chi connectivity index (χ2v) is 9.68. The summed E-state index contributed by atoms with van der Waals surface area (Å²) in [4.78, 5) is 43.7. The van der Waals surface area contributed by atoms with Crippen molar-refractivity contribution in [3.05, 3.63) is 35.9 Å². The number of hydrogen-bond donors (Lipinski definition) is 1. The van der Waals surface area contributed by atoms with Gasteiger partial charge in [-0.1, -0.05) is 44.2 Å². The molecule has 2 amide bonds. The van der Waals surface area contributed by atoms with E-state index < -0.39 is 16.9 Å². The van der Waals surface area contributed by atoms with Crippen LogP contribution in [0.3, 0.4) is 0 Å². The van der Waals surface area contributed by atoms with Gasteiger partial charge in [-0.3, -0.25) is 19.3 Å². The van der Waals surface area contributed by atoms with Gasteiger partial charge in [0.05, 0.1) is 18.2 Å². The fourth-order valence-electron chi connectivity index (χ4n) is 5.42. The Bertz CT molecular complexity index is 852. The normalized spacial score (nSPS) is 23.3. The number of amides is 2. The first kappa shape index (κ1) is 25.2. The van der Waals surface area contributed by atoms with E-state index in [0.29, 0.717) is 13.0 Å². The fourth-order valence-corrected chi connectivity index (χ4v) is 5.42. The number of carbonyl (C=O) groups is 3. The molecule has 0 aromatic heterocycles. The zero-order chi connectivity index (χ0) is 24.2. The van der Waals surface area contributed by atoms with Crippen LogP contribution < -0.4 is 5.32 Å². The number of esters is 1. The van der Waals surface area contributed by atoms with Crippen LogP contribution in [0.25, 0.3) is 0 Å². The molecule has 1 aromatic carbocycles. The Morgan fingerprint density at radius 3 is 2.42 bits per heavy atom. The van der Waals surface area contributed by atoms with E-state index in [0.717, 1.165) is 37.9 Å². The van der Waals surface area contributed by atoms with Crippen LogP contribution in [0.2, 0.25) is 0 Å². The lowest BCUT2D eigenvalue weighted by atomic mass is 9.87. The van der Waals surface area contributed by atoms with Crippen molar-refractivity contribution in [1.29, 1.82) is 0 Å². The van der Waals surface area contributed by atoms with E-state index in [1.807, 2.05) is 35.2 Å². The highest BCUT2D eigenvalue weighted by Crippen LogP contribution is 2.43. The van der Waals surface area contributed by atoms with Gasteiger partial charge in [-0.15, -0.1) is 0 Å². The van der Waals surface area contributed by atoms with Crippen LogP contribution in [0.4, 0.5) is 0 Å². The molecule has 1 aliphatic carbocycles. The molecule has 3 atom stereocenters. The third-order valence-electron chi connectivity index (χ3n) is 7.44. The molecular formula is C26H39N3O4. The summed E-state index contributed by atoms with van der Waals surface area (Å²) in [6.07, 6.45) is 3.31. The largest absolute Gasteiger partial charge is 0.465 e. The summed E-state index contributed by atoms with van der Waals surface area (Å²) < 4.78 is 5.12. The van der Waals surface area contributed by atoms with Gasteiger partial charge in [0, 0.05) is 6.54 Å². The van der Waals surface area contributed by atoms with Crippen LogP contribution in [0, 0.1) is 5.41 Å². The Morgan fingerprint density at radius 1 is 1.15 bits per heavy atom. The Hall–Kier alpha value is -2.41. The second kappa shape index (κ2) is 10.2. The van der Waals surface area contributed by atoms with Gasteiger partial charge in [-0.05, 0) is 65.1 Å². The molecule has 2 aliphatic rings. The van der Waals surface area contributed by atoms with Crippen molar-refractivity contribution in [2.24, 2.45) is 5.41 Å². The number of fused-ring (bicyclic) bond motifs is 1. The van der Waals surface area contributed by atoms with Gasteiger partial charge in [0.1, 0.15) is 11.5 Å². The number of likely N-dealkylation sites (N-methyl/N-ethyl adjacent to an activating group) is 1. The monoisotopic (exact) mass is 457 g/mol.